The fourth-order valence-corrected chi connectivity index (χ4v) is 3.46. The Bertz CT molecular complexity index is 707. The van der Waals surface area contributed by atoms with Crippen molar-refractivity contribution in [1.29, 1.82) is 0 Å². The maximum absolute atomic E-state index is 12.3. The minimum absolute atomic E-state index is 0.188. The average Bonchev–Trinajstić information content (AvgIpc) is 3.08. The summed E-state index contributed by atoms with van der Waals surface area (Å²) in [5.41, 5.74) is 0.803. The molecule has 1 aromatic rings. The van der Waals surface area contributed by atoms with E-state index in [4.69, 9.17) is 14.2 Å². The minimum Gasteiger partial charge on any atom is -0.490 e. The number of carbonyl (C=O) groups excluding carboxylic acids is 2. The summed E-state index contributed by atoms with van der Waals surface area (Å²) < 4.78 is 16.5. The van der Waals surface area contributed by atoms with Crippen molar-refractivity contribution in [3.05, 3.63) is 29.8 Å². The lowest BCUT2D eigenvalue weighted by atomic mass is 10.1. The molecule has 0 unspecified atom stereocenters. The van der Waals surface area contributed by atoms with Crippen molar-refractivity contribution in [3.8, 4) is 11.5 Å². The van der Waals surface area contributed by atoms with Crippen LogP contribution in [-0.2, 0) is 14.3 Å². The number of esters is 1. The van der Waals surface area contributed by atoms with Crippen LogP contribution in [0.25, 0.3) is 6.08 Å². The van der Waals surface area contributed by atoms with E-state index in [1.807, 2.05) is 18.2 Å². The molecule has 1 fully saturated rings. The molecule has 1 heterocycles. The summed E-state index contributed by atoms with van der Waals surface area (Å²) in [4.78, 5) is 24.4. The highest BCUT2D eigenvalue weighted by Crippen LogP contribution is 2.30. The average molecular weight is 387 g/mol. The van der Waals surface area contributed by atoms with Crippen LogP contribution in [0.1, 0.15) is 57.4 Å². The first-order valence-electron chi connectivity index (χ1n) is 10.2. The number of benzene rings is 1. The molecule has 0 bridgehead atoms. The first-order chi connectivity index (χ1) is 13.6. The number of hydrogen-bond acceptors (Lipinski definition) is 5. The Morgan fingerprint density at radius 1 is 1.07 bits per heavy atom. The SMILES string of the molecule is C[C@@H](OC(=O)/C=C/c1ccc2c(c1)OCCCO2)C(=O)NC1CCCCCC1. The van der Waals surface area contributed by atoms with Gasteiger partial charge in [-0.25, -0.2) is 4.79 Å². The monoisotopic (exact) mass is 387 g/mol. The maximum Gasteiger partial charge on any atom is 0.331 e. The molecule has 1 atom stereocenters. The molecule has 152 valence electrons. The van der Waals surface area contributed by atoms with Gasteiger partial charge in [-0.2, -0.15) is 0 Å². The molecule has 1 aliphatic carbocycles. The number of hydrogen-bond donors (Lipinski definition) is 1. The fraction of sp³-hybridized carbons (Fsp3) is 0.545. The van der Waals surface area contributed by atoms with E-state index in [1.165, 1.54) is 18.9 Å². The molecular formula is C22H29NO5. The van der Waals surface area contributed by atoms with Crippen molar-refractivity contribution in [2.45, 2.75) is 64.0 Å². The summed E-state index contributed by atoms with van der Waals surface area (Å²) in [6, 6.07) is 5.69. The number of carbonyl (C=O) groups is 2. The van der Waals surface area contributed by atoms with Crippen LogP contribution in [-0.4, -0.2) is 37.2 Å². The second-order valence-electron chi connectivity index (χ2n) is 7.37. The number of nitrogens with one attached hydrogen (secondary N) is 1. The largest absolute Gasteiger partial charge is 0.490 e. The second kappa shape index (κ2) is 10.2. The second-order valence-corrected chi connectivity index (χ2v) is 7.37. The Morgan fingerprint density at radius 2 is 1.79 bits per heavy atom. The molecule has 0 spiro atoms. The van der Waals surface area contributed by atoms with Crippen molar-refractivity contribution >= 4 is 18.0 Å². The molecule has 6 nitrogen and oxygen atoms in total. The maximum atomic E-state index is 12.3. The van der Waals surface area contributed by atoms with Crippen LogP contribution in [0.15, 0.2) is 24.3 Å². The normalized spacial score (nSPS) is 18.8. The summed E-state index contributed by atoms with van der Waals surface area (Å²) >= 11 is 0. The van der Waals surface area contributed by atoms with E-state index in [0.29, 0.717) is 24.7 Å². The zero-order chi connectivity index (χ0) is 19.8. The van der Waals surface area contributed by atoms with E-state index in [1.54, 1.807) is 13.0 Å². The van der Waals surface area contributed by atoms with Crippen molar-refractivity contribution < 1.29 is 23.8 Å². The van der Waals surface area contributed by atoms with E-state index < -0.39 is 12.1 Å². The standard InChI is InChI=1S/C22H29NO5/c1-16(22(25)23-18-7-4-2-3-5-8-18)28-21(24)12-10-17-9-11-19-20(15-17)27-14-6-13-26-19/h9-12,15-16,18H,2-8,13-14H2,1H3,(H,23,25)/b12-10+/t16-/m1/s1. The number of amides is 1. The predicted molar refractivity (Wildman–Crippen MR) is 106 cm³/mol. The Labute approximate surface area is 166 Å². The molecule has 28 heavy (non-hydrogen) atoms. The quantitative estimate of drug-likeness (QED) is 0.474. The van der Waals surface area contributed by atoms with Crippen LogP contribution in [0.5, 0.6) is 11.5 Å². The Morgan fingerprint density at radius 3 is 2.54 bits per heavy atom. The van der Waals surface area contributed by atoms with Gasteiger partial charge in [-0.1, -0.05) is 31.7 Å². The Kier molecular flexibility index (Phi) is 7.34. The van der Waals surface area contributed by atoms with Gasteiger partial charge in [0.15, 0.2) is 17.6 Å². The molecule has 1 amide bonds. The third-order valence-electron chi connectivity index (χ3n) is 5.05. The molecular weight excluding hydrogens is 358 g/mol. The number of fused-ring (bicyclic) bond motifs is 1. The molecule has 2 aliphatic rings. The summed E-state index contributed by atoms with van der Waals surface area (Å²) in [5.74, 6) is 0.602. The summed E-state index contributed by atoms with van der Waals surface area (Å²) in [7, 11) is 0. The molecule has 0 radical (unpaired) electrons. The highest BCUT2D eigenvalue weighted by atomic mass is 16.5. The summed E-state index contributed by atoms with van der Waals surface area (Å²) in [5, 5.41) is 3.01. The topological polar surface area (TPSA) is 73.9 Å². The highest BCUT2D eigenvalue weighted by Gasteiger charge is 2.21. The number of ether oxygens (including phenoxy) is 3. The van der Waals surface area contributed by atoms with E-state index in [0.717, 1.165) is 37.7 Å². The van der Waals surface area contributed by atoms with E-state index >= 15 is 0 Å². The zero-order valence-electron chi connectivity index (χ0n) is 16.4. The molecule has 3 rings (SSSR count). The zero-order valence-corrected chi connectivity index (χ0v) is 16.4. The van der Waals surface area contributed by atoms with Gasteiger partial charge in [-0.3, -0.25) is 4.79 Å². The van der Waals surface area contributed by atoms with E-state index in [9.17, 15) is 9.59 Å². The van der Waals surface area contributed by atoms with Crippen LogP contribution in [0.3, 0.4) is 0 Å². The van der Waals surface area contributed by atoms with Gasteiger partial charge in [0.1, 0.15) is 0 Å². The van der Waals surface area contributed by atoms with Gasteiger partial charge in [0, 0.05) is 18.5 Å². The van der Waals surface area contributed by atoms with Crippen LogP contribution in [0.2, 0.25) is 0 Å². The third-order valence-corrected chi connectivity index (χ3v) is 5.05. The lowest BCUT2D eigenvalue weighted by molar-refractivity contribution is -0.150. The first kappa shape index (κ1) is 20.2. The summed E-state index contributed by atoms with van der Waals surface area (Å²) in [6.45, 7) is 2.84. The smallest absolute Gasteiger partial charge is 0.331 e. The van der Waals surface area contributed by atoms with Gasteiger partial charge in [0.05, 0.1) is 13.2 Å². The molecule has 1 saturated carbocycles. The summed E-state index contributed by atoms with van der Waals surface area (Å²) in [6.07, 6.45) is 9.71. The van der Waals surface area contributed by atoms with Gasteiger partial charge in [-0.15, -0.1) is 0 Å². The van der Waals surface area contributed by atoms with Crippen LogP contribution in [0.4, 0.5) is 0 Å². The first-order valence-corrected chi connectivity index (χ1v) is 10.2. The molecule has 0 saturated heterocycles. The molecule has 0 aromatic heterocycles. The van der Waals surface area contributed by atoms with E-state index in [-0.39, 0.29) is 11.9 Å². The lowest BCUT2D eigenvalue weighted by Gasteiger charge is -2.19. The fourth-order valence-electron chi connectivity index (χ4n) is 3.46. The lowest BCUT2D eigenvalue weighted by Crippen LogP contribution is -2.41. The van der Waals surface area contributed by atoms with Crippen LogP contribution >= 0.6 is 0 Å². The van der Waals surface area contributed by atoms with Crippen molar-refractivity contribution in [1.82, 2.24) is 5.32 Å². The van der Waals surface area contributed by atoms with Crippen molar-refractivity contribution in [2.24, 2.45) is 0 Å². The minimum atomic E-state index is -0.816. The van der Waals surface area contributed by atoms with Crippen LogP contribution in [0, 0.1) is 0 Å². The molecule has 1 aliphatic heterocycles. The van der Waals surface area contributed by atoms with Crippen LogP contribution < -0.4 is 14.8 Å². The number of rotatable bonds is 5. The predicted octanol–water partition coefficient (Wildman–Crippen LogP) is 3.63. The van der Waals surface area contributed by atoms with Crippen molar-refractivity contribution in [2.75, 3.05) is 13.2 Å². The van der Waals surface area contributed by atoms with Crippen molar-refractivity contribution in [3.63, 3.8) is 0 Å². The molecule has 1 aromatic carbocycles. The van der Waals surface area contributed by atoms with Gasteiger partial charge < -0.3 is 19.5 Å². The van der Waals surface area contributed by atoms with E-state index in [2.05, 4.69) is 5.32 Å². The molecule has 1 N–H and O–H groups in total. The molecule has 6 heteroatoms. The highest BCUT2D eigenvalue weighted by molar-refractivity contribution is 5.90. The Balaban J connectivity index is 1.50. The Hall–Kier alpha value is -2.50. The third kappa shape index (κ3) is 6.01. The van der Waals surface area contributed by atoms with Gasteiger partial charge >= 0.3 is 5.97 Å². The van der Waals surface area contributed by atoms with Gasteiger partial charge in [0.2, 0.25) is 0 Å². The van der Waals surface area contributed by atoms with Gasteiger partial charge in [0.25, 0.3) is 5.91 Å². The van der Waals surface area contributed by atoms with Gasteiger partial charge in [-0.05, 0) is 43.5 Å².